The molecule has 2 bridgehead atoms. The van der Waals surface area contributed by atoms with Crippen molar-refractivity contribution in [3.63, 3.8) is 0 Å². The van der Waals surface area contributed by atoms with Gasteiger partial charge in [-0.25, -0.2) is 0 Å². The maximum absolute atomic E-state index is 12.3. The van der Waals surface area contributed by atoms with Crippen LogP contribution in [0.15, 0.2) is 29.5 Å². The summed E-state index contributed by atoms with van der Waals surface area (Å²) in [5.41, 5.74) is 1.80. The normalized spacial score (nSPS) is 27.7. The van der Waals surface area contributed by atoms with E-state index in [0.717, 1.165) is 30.1 Å². The van der Waals surface area contributed by atoms with Crippen LogP contribution in [0.3, 0.4) is 0 Å². The standard InChI is InChI=1S/C18H24N2O3/c1-5-20(6-2)12-7-8-13-14-10-18(4,23-15(13)9-12)19-17(22)16(14)11(3)21/h7-9,14,21H,5-6,10H2,1-4H3,(H,19,22). The Kier molecular flexibility index (Phi) is 3.74. The number of amides is 1. The molecule has 1 aromatic rings. The Balaban J connectivity index is 2.10. The molecule has 1 amide bonds. The monoisotopic (exact) mass is 316 g/mol. The van der Waals surface area contributed by atoms with Gasteiger partial charge in [0.05, 0.1) is 11.3 Å². The first-order chi connectivity index (χ1) is 10.9. The Morgan fingerprint density at radius 1 is 1.43 bits per heavy atom. The first-order valence-corrected chi connectivity index (χ1v) is 8.18. The number of hydrogen-bond acceptors (Lipinski definition) is 4. The average molecular weight is 316 g/mol. The third-order valence-electron chi connectivity index (χ3n) is 4.79. The number of aliphatic hydroxyl groups is 1. The third-order valence-corrected chi connectivity index (χ3v) is 4.79. The van der Waals surface area contributed by atoms with Gasteiger partial charge >= 0.3 is 0 Å². The number of nitrogens with zero attached hydrogens (tertiary/aromatic N) is 1. The van der Waals surface area contributed by atoms with Gasteiger partial charge < -0.3 is 20.1 Å². The average Bonchev–Trinajstić information content (AvgIpc) is 2.46. The molecule has 3 rings (SSSR count). The molecule has 5 heteroatoms. The SMILES string of the molecule is CCN(CC)c1ccc2c(c1)OC1(C)CC2C(=C(C)O)C(=O)N1. The molecule has 1 fully saturated rings. The van der Waals surface area contributed by atoms with E-state index < -0.39 is 5.72 Å². The second kappa shape index (κ2) is 5.48. The van der Waals surface area contributed by atoms with Crippen molar-refractivity contribution >= 4 is 11.6 Å². The number of piperidine rings is 1. The van der Waals surface area contributed by atoms with Gasteiger partial charge in [-0.1, -0.05) is 6.07 Å². The summed E-state index contributed by atoms with van der Waals surface area (Å²) < 4.78 is 6.11. The highest BCUT2D eigenvalue weighted by Gasteiger charge is 2.47. The zero-order valence-electron chi connectivity index (χ0n) is 14.1. The van der Waals surface area contributed by atoms with E-state index in [2.05, 4.69) is 30.1 Å². The number of allylic oxidation sites excluding steroid dienone is 1. The van der Waals surface area contributed by atoms with Gasteiger partial charge in [0.15, 0.2) is 5.72 Å². The smallest absolute Gasteiger partial charge is 0.254 e. The van der Waals surface area contributed by atoms with Crippen LogP contribution in [0.1, 0.15) is 45.6 Å². The number of anilines is 1. The van der Waals surface area contributed by atoms with Crippen LogP contribution in [-0.4, -0.2) is 29.8 Å². The van der Waals surface area contributed by atoms with E-state index in [1.807, 2.05) is 19.1 Å². The summed E-state index contributed by atoms with van der Waals surface area (Å²) >= 11 is 0. The van der Waals surface area contributed by atoms with Crippen LogP contribution in [0.2, 0.25) is 0 Å². The summed E-state index contributed by atoms with van der Waals surface area (Å²) in [5, 5.41) is 12.8. The fourth-order valence-corrected chi connectivity index (χ4v) is 3.68. The van der Waals surface area contributed by atoms with Gasteiger partial charge in [0.2, 0.25) is 0 Å². The zero-order valence-corrected chi connectivity index (χ0v) is 14.1. The molecular weight excluding hydrogens is 292 g/mol. The van der Waals surface area contributed by atoms with Crippen molar-refractivity contribution in [2.75, 3.05) is 18.0 Å². The molecule has 0 aromatic heterocycles. The van der Waals surface area contributed by atoms with Crippen molar-refractivity contribution in [3.8, 4) is 5.75 Å². The minimum absolute atomic E-state index is 0.0789. The topological polar surface area (TPSA) is 61.8 Å². The van der Waals surface area contributed by atoms with Crippen LogP contribution < -0.4 is 15.0 Å². The molecule has 2 aliphatic heterocycles. The maximum atomic E-state index is 12.3. The zero-order chi connectivity index (χ0) is 16.8. The molecule has 0 saturated carbocycles. The Labute approximate surface area is 136 Å². The molecule has 0 aliphatic carbocycles. The first-order valence-electron chi connectivity index (χ1n) is 8.18. The second-order valence-electron chi connectivity index (χ2n) is 6.44. The third kappa shape index (κ3) is 2.54. The fraction of sp³-hybridized carbons (Fsp3) is 0.500. The number of nitrogens with one attached hydrogen (secondary N) is 1. The number of rotatable bonds is 3. The van der Waals surface area contributed by atoms with Crippen molar-refractivity contribution < 1.29 is 14.6 Å². The van der Waals surface area contributed by atoms with Crippen molar-refractivity contribution in [2.24, 2.45) is 0 Å². The van der Waals surface area contributed by atoms with E-state index in [9.17, 15) is 9.90 Å². The van der Waals surface area contributed by atoms with Gasteiger partial charge in [-0.2, -0.15) is 0 Å². The Morgan fingerprint density at radius 3 is 2.74 bits per heavy atom. The summed E-state index contributed by atoms with van der Waals surface area (Å²) in [4.78, 5) is 14.6. The molecular formula is C18H24N2O3. The minimum Gasteiger partial charge on any atom is -0.512 e. The van der Waals surface area contributed by atoms with Crippen LogP contribution in [0.25, 0.3) is 0 Å². The van der Waals surface area contributed by atoms with E-state index in [1.165, 1.54) is 0 Å². The van der Waals surface area contributed by atoms with E-state index in [1.54, 1.807) is 6.92 Å². The highest BCUT2D eigenvalue weighted by molar-refractivity contribution is 5.97. The first kappa shape index (κ1) is 15.7. The lowest BCUT2D eigenvalue weighted by atomic mass is 9.78. The highest BCUT2D eigenvalue weighted by atomic mass is 16.5. The predicted molar refractivity (Wildman–Crippen MR) is 89.9 cm³/mol. The molecule has 23 heavy (non-hydrogen) atoms. The number of ether oxygens (including phenoxy) is 1. The summed E-state index contributed by atoms with van der Waals surface area (Å²) in [7, 11) is 0. The number of aliphatic hydroxyl groups excluding tert-OH is 1. The van der Waals surface area contributed by atoms with Gasteiger partial charge in [-0.3, -0.25) is 4.79 Å². The summed E-state index contributed by atoms with van der Waals surface area (Å²) in [5.74, 6) is 0.484. The van der Waals surface area contributed by atoms with E-state index in [4.69, 9.17) is 4.74 Å². The van der Waals surface area contributed by atoms with E-state index in [0.29, 0.717) is 12.0 Å². The minimum atomic E-state index is -0.727. The van der Waals surface area contributed by atoms with Crippen molar-refractivity contribution in [1.82, 2.24) is 5.32 Å². The van der Waals surface area contributed by atoms with Gasteiger partial charge in [0.1, 0.15) is 5.75 Å². The largest absolute Gasteiger partial charge is 0.512 e. The van der Waals surface area contributed by atoms with Gasteiger partial charge in [0.25, 0.3) is 5.91 Å². The van der Waals surface area contributed by atoms with Crippen LogP contribution in [0.4, 0.5) is 5.69 Å². The van der Waals surface area contributed by atoms with Crippen LogP contribution in [0.5, 0.6) is 5.75 Å². The predicted octanol–water partition coefficient (Wildman–Crippen LogP) is 3.08. The molecule has 0 radical (unpaired) electrons. The van der Waals surface area contributed by atoms with Crippen molar-refractivity contribution in [2.45, 2.75) is 45.8 Å². The molecule has 2 atom stereocenters. The number of benzene rings is 1. The van der Waals surface area contributed by atoms with E-state index >= 15 is 0 Å². The molecule has 124 valence electrons. The number of hydrogen-bond donors (Lipinski definition) is 2. The molecule has 2 heterocycles. The lowest BCUT2D eigenvalue weighted by Crippen LogP contribution is -2.58. The summed E-state index contributed by atoms with van der Waals surface area (Å²) in [6, 6.07) is 6.12. The van der Waals surface area contributed by atoms with E-state index in [-0.39, 0.29) is 17.6 Å². The van der Waals surface area contributed by atoms with Crippen molar-refractivity contribution in [3.05, 3.63) is 35.1 Å². The molecule has 5 nitrogen and oxygen atoms in total. The molecule has 1 aromatic carbocycles. The molecule has 2 aliphatic rings. The lowest BCUT2D eigenvalue weighted by molar-refractivity contribution is -0.127. The molecule has 2 unspecified atom stereocenters. The summed E-state index contributed by atoms with van der Waals surface area (Å²) in [6.07, 6.45) is 0.629. The van der Waals surface area contributed by atoms with Crippen LogP contribution >= 0.6 is 0 Å². The Morgan fingerprint density at radius 2 is 2.13 bits per heavy atom. The van der Waals surface area contributed by atoms with Gasteiger partial charge in [-0.05, 0) is 33.8 Å². The maximum Gasteiger partial charge on any atom is 0.254 e. The second-order valence-corrected chi connectivity index (χ2v) is 6.44. The molecule has 0 spiro atoms. The quantitative estimate of drug-likeness (QED) is 0.664. The lowest BCUT2D eigenvalue weighted by Gasteiger charge is -2.45. The van der Waals surface area contributed by atoms with Gasteiger partial charge in [0, 0.05) is 42.7 Å². The van der Waals surface area contributed by atoms with Gasteiger partial charge in [-0.15, -0.1) is 0 Å². The molecule has 2 N–H and O–H groups in total. The van der Waals surface area contributed by atoms with Crippen LogP contribution in [0, 0.1) is 0 Å². The highest BCUT2D eigenvalue weighted by Crippen LogP contribution is 2.48. The number of carbonyl (C=O) groups is 1. The van der Waals surface area contributed by atoms with Crippen molar-refractivity contribution in [1.29, 1.82) is 0 Å². The van der Waals surface area contributed by atoms with Crippen LogP contribution in [-0.2, 0) is 4.79 Å². The Bertz CT molecular complexity index is 675. The molecule has 1 saturated heterocycles. The number of carbonyl (C=O) groups excluding carboxylic acids is 1. The fourth-order valence-electron chi connectivity index (χ4n) is 3.68. The Hall–Kier alpha value is -2.17. The summed E-state index contributed by atoms with van der Waals surface area (Å²) in [6.45, 7) is 9.54. The number of fused-ring (bicyclic) bond motifs is 4.